The minimum absolute atomic E-state index is 0.312. The summed E-state index contributed by atoms with van der Waals surface area (Å²) in [5.74, 6) is 0.501. The summed E-state index contributed by atoms with van der Waals surface area (Å²) in [6, 6.07) is 10.5. The van der Waals surface area contributed by atoms with Gasteiger partial charge in [0.1, 0.15) is 11.8 Å². The highest BCUT2D eigenvalue weighted by Gasteiger charge is 2.16. The van der Waals surface area contributed by atoms with Gasteiger partial charge >= 0.3 is 0 Å². The third-order valence-electron chi connectivity index (χ3n) is 3.03. The summed E-state index contributed by atoms with van der Waals surface area (Å²) in [5, 5.41) is 14.7. The van der Waals surface area contributed by atoms with E-state index in [1.54, 1.807) is 17.5 Å². The van der Waals surface area contributed by atoms with Crippen molar-refractivity contribution in [3.05, 3.63) is 52.0 Å². The molecule has 1 N–H and O–H groups in total. The van der Waals surface area contributed by atoms with Crippen LogP contribution in [0.4, 0.5) is 0 Å². The van der Waals surface area contributed by atoms with E-state index < -0.39 is 0 Å². The molecule has 2 rings (SSSR count). The molecular weight excluding hydrogens is 254 g/mol. The highest BCUT2D eigenvalue weighted by atomic mass is 32.1. The molecule has 1 atom stereocenters. The molecule has 2 heterocycles. The van der Waals surface area contributed by atoms with Gasteiger partial charge in [0.15, 0.2) is 0 Å². The Morgan fingerprint density at radius 2 is 2.21 bits per heavy atom. The van der Waals surface area contributed by atoms with Crippen LogP contribution in [0.15, 0.2) is 35.8 Å². The number of aromatic nitrogens is 1. The third kappa shape index (κ3) is 3.40. The average Bonchev–Trinajstić information content (AvgIpc) is 2.93. The Kier molecular flexibility index (Phi) is 4.67. The van der Waals surface area contributed by atoms with E-state index in [2.05, 4.69) is 47.7 Å². The van der Waals surface area contributed by atoms with Crippen LogP contribution in [0.1, 0.15) is 36.0 Å². The Morgan fingerprint density at radius 3 is 2.84 bits per heavy atom. The first-order valence-corrected chi connectivity index (χ1v) is 7.21. The lowest BCUT2D eigenvalue weighted by atomic mass is 10.0. The van der Waals surface area contributed by atoms with E-state index in [1.165, 1.54) is 4.88 Å². The monoisotopic (exact) mass is 271 g/mol. The molecule has 0 aliphatic heterocycles. The molecule has 3 nitrogen and oxygen atoms in total. The van der Waals surface area contributed by atoms with Gasteiger partial charge in [0.25, 0.3) is 0 Å². The molecular formula is C15H17N3S. The van der Waals surface area contributed by atoms with E-state index in [4.69, 9.17) is 5.26 Å². The zero-order valence-corrected chi connectivity index (χ0v) is 11.9. The van der Waals surface area contributed by atoms with Gasteiger partial charge in [-0.2, -0.15) is 5.26 Å². The lowest BCUT2D eigenvalue weighted by Crippen LogP contribution is -2.25. The van der Waals surface area contributed by atoms with Crippen molar-refractivity contribution in [3.63, 3.8) is 0 Å². The van der Waals surface area contributed by atoms with Crippen LogP contribution in [0.5, 0.6) is 0 Å². The van der Waals surface area contributed by atoms with Gasteiger partial charge < -0.3 is 5.32 Å². The molecule has 1 unspecified atom stereocenters. The summed E-state index contributed by atoms with van der Waals surface area (Å²) in [6.07, 6.45) is 1.65. The van der Waals surface area contributed by atoms with Crippen LogP contribution >= 0.6 is 11.3 Å². The first-order chi connectivity index (χ1) is 9.22. The molecule has 0 aliphatic carbocycles. The van der Waals surface area contributed by atoms with Crippen molar-refractivity contribution in [1.29, 1.82) is 5.26 Å². The van der Waals surface area contributed by atoms with E-state index in [1.807, 2.05) is 12.1 Å². The number of nitrogens with zero attached hydrogens (tertiary/aromatic N) is 2. The SMILES string of the molecule is CC(C)C(NCc1cccnc1C#N)c1cccs1. The van der Waals surface area contributed by atoms with Crippen molar-refractivity contribution >= 4 is 11.3 Å². The standard InChI is InChI=1S/C15H17N3S/c1-11(2)15(14-6-4-8-19-14)18-10-12-5-3-7-17-13(12)9-16/h3-8,11,15,18H,10H2,1-2H3. The van der Waals surface area contributed by atoms with Gasteiger partial charge in [-0.1, -0.05) is 26.0 Å². The molecule has 0 bridgehead atoms. The van der Waals surface area contributed by atoms with Crippen LogP contribution in [0.3, 0.4) is 0 Å². The van der Waals surface area contributed by atoms with E-state index >= 15 is 0 Å². The molecule has 0 aromatic carbocycles. The van der Waals surface area contributed by atoms with E-state index in [9.17, 15) is 0 Å². The van der Waals surface area contributed by atoms with Crippen LogP contribution in [0.2, 0.25) is 0 Å². The maximum Gasteiger partial charge on any atom is 0.144 e. The minimum atomic E-state index is 0.312. The van der Waals surface area contributed by atoms with E-state index in [-0.39, 0.29) is 0 Å². The Balaban J connectivity index is 2.10. The van der Waals surface area contributed by atoms with Crippen molar-refractivity contribution in [1.82, 2.24) is 10.3 Å². The number of pyridine rings is 1. The lowest BCUT2D eigenvalue weighted by Gasteiger charge is -2.21. The second-order valence-corrected chi connectivity index (χ2v) is 5.72. The number of thiophene rings is 1. The van der Waals surface area contributed by atoms with E-state index in [0.717, 1.165) is 5.56 Å². The van der Waals surface area contributed by atoms with Crippen molar-refractivity contribution in [2.24, 2.45) is 5.92 Å². The van der Waals surface area contributed by atoms with Crippen molar-refractivity contribution < 1.29 is 0 Å². The maximum absolute atomic E-state index is 9.04. The molecule has 2 aromatic heterocycles. The quantitative estimate of drug-likeness (QED) is 0.905. The molecule has 0 aliphatic rings. The molecule has 0 saturated carbocycles. The zero-order chi connectivity index (χ0) is 13.7. The topological polar surface area (TPSA) is 48.7 Å². The molecule has 2 aromatic rings. The number of hydrogen-bond acceptors (Lipinski definition) is 4. The van der Waals surface area contributed by atoms with Crippen molar-refractivity contribution in [2.45, 2.75) is 26.4 Å². The predicted molar refractivity (Wildman–Crippen MR) is 77.7 cm³/mol. The summed E-state index contributed by atoms with van der Waals surface area (Å²) >= 11 is 1.76. The minimum Gasteiger partial charge on any atom is -0.305 e. The molecule has 0 amide bonds. The van der Waals surface area contributed by atoms with Gasteiger partial charge in [0.2, 0.25) is 0 Å². The van der Waals surface area contributed by atoms with E-state index in [0.29, 0.717) is 24.2 Å². The fraction of sp³-hybridized carbons (Fsp3) is 0.333. The van der Waals surface area contributed by atoms with Gasteiger partial charge in [-0.05, 0) is 23.4 Å². The van der Waals surface area contributed by atoms with Crippen LogP contribution in [-0.4, -0.2) is 4.98 Å². The number of rotatable bonds is 5. The first-order valence-electron chi connectivity index (χ1n) is 6.33. The molecule has 98 valence electrons. The highest BCUT2D eigenvalue weighted by Crippen LogP contribution is 2.26. The van der Waals surface area contributed by atoms with Gasteiger partial charge in [-0.15, -0.1) is 11.3 Å². The fourth-order valence-electron chi connectivity index (χ4n) is 2.03. The van der Waals surface area contributed by atoms with Gasteiger partial charge in [0.05, 0.1) is 0 Å². The molecule has 0 spiro atoms. The molecule has 0 radical (unpaired) electrons. The Hall–Kier alpha value is -1.70. The second-order valence-electron chi connectivity index (χ2n) is 4.74. The summed E-state index contributed by atoms with van der Waals surface area (Å²) < 4.78 is 0. The normalized spacial score (nSPS) is 12.3. The number of hydrogen-bond donors (Lipinski definition) is 1. The van der Waals surface area contributed by atoms with Crippen LogP contribution in [0.25, 0.3) is 0 Å². The van der Waals surface area contributed by atoms with Gasteiger partial charge in [-0.25, -0.2) is 4.98 Å². The second kappa shape index (κ2) is 6.46. The van der Waals surface area contributed by atoms with Crippen molar-refractivity contribution in [2.75, 3.05) is 0 Å². The van der Waals surface area contributed by atoms with Crippen molar-refractivity contribution in [3.8, 4) is 6.07 Å². The smallest absolute Gasteiger partial charge is 0.144 e. The molecule has 0 saturated heterocycles. The largest absolute Gasteiger partial charge is 0.305 e. The number of nitriles is 1. The predicted octanol–water partition coefficient (Wildman–Crippen LogP) is 3.50. The fourth-order valence-corrected chi connectivity index (χ4v) is 3.01. The van der Waals surface area contributed by atoms with Gasteiger partial charge in [0, 0.05) is 29.2 Å². The molecule has 19 heavy (non-hydrogen) atoms. The molecule has 0 fully saturated rings. The number of nitrogens with one attached hydrogen (secondary N) is 1. The Labute approximate surface area is 117 Å². The summed E-state index contributed by atoms with van der Waals surface area (Å²) in [4.78, 5) is 5.42. The summed E-state index contributed by atoms with van der Waals surface area (Å²) in [5.41, 5.74) is 1.45. The highest BCUT2D eigenvalue weighted by molar-refractivity contribution is 7.10. The Bertz CT molecular complexity index is 555. The first kappa shape index (κ1) is 13.7. The van der Waals surface area contributed by atoms with Crippen LogP contribution in [0, 0.1) is 17.2 Å². The zero-order valence-electron chi connectivity index (χ0n) is 11.1. The molecule has 4 heteroatoms. The summed E-state index contributed by atoms with van der Waals surface area (Å²) in [6.45, 7) is 5.06. The third-order valence-corrected chi connectivity index (χ3v) is 3.98. The maximum atomic E-state index is 9.04. The summed E-state index contributed by atoms with van der Waals surface area (Å²) in [7, 11) is 0. The lowest BCUT2D eigenvalue weighted by molar-refractivity contribution is 0.416. The van der Waals surface area contributed by atoms with Crippen LogP contribution < -0.4 is 5.32 Å². The average molecular weight is 271 g/mol. The van der Waals surface area contributed by atoms with Gasteiger partial charge in [-0.3, -0.25) is 0 Å². The van der Waals surface area contributed by atoms with Crippen LogP contribution in [-0.2, 0) is 6.54 Å². The Morgan fingerprint density at radius 1 is 1.37 bits per heavy atom.